The lowest BCUT2D eigenvalue weighted by Crippen LogP contribution is -2.20. The molecule has 2 unspecified atom stereocenters. The maximum absolute atomic E-state index is 13.1. The lowest BCUT2D eigenvalue weighted by molar-refractivity contribution is -0.140. The van der Waals surface area contributed by atoms with Gasteiger partial charge in [0.15, 0.2) is 0 Å². The molecule has 0 saturated heterocycles. The Kier molecular flexibility index (Phi) is 3.88. The minimum atomic E-state index is -0.966. The molecule has 0 bridgehead atoms. The fourth-order valence-electron chi connectivity index (χ4n) is 1.73. The van der Waals surface area contributed by atoms with E-state index in [1.807, 2.05) is 13.8 Å². The molecule has 1 aromatic rings. The van der Waals surface area contributed by atoms with Crippen molar-refractivity contribution in [2.24, 2.45) is 5.92 Å². The number of aliphatic carboxylic acids is 1. The Bertz CT molecular complexity index is 393. The van der Waals surface area contributed by atoms with E-state index in [0.717, 1.165) is 0 Å². The molecule has 0 aliphatic heterocycles. The van der Waals surface area contributed by atoms with Crippen LogP contribution in [0.1, 0.15) is 31.7 Å². The van der Waals surface area contributed by atoms with Gasteiger partial charge in [-0.1, -0.05) is 20.3 Å². The number of carbonyl (C=O) groups is 1. The smallest absolute Gasteiger partial charge is 0.311 e. The van der Waals surface area contributed by atoms with Gasteiger partial charge in [0.1, 0.15) is 5.82 Å². The van der Waals surface area contributed by atoms with Crippen LogP contribution in [0, 0.1) is 11.7 Å². The molecule has 0 spiro atoms. The topological polar surface area (TPSA) is 63.3 Å². The number of carboxylic acids is 1. The average molecular weight is 225 g/mol. The lowest BCUT2D eigenvalue weighted by atomic mass is 9.85. The molecule has 88 valence electrons. The quantitative estimate of drug-likeness (QED) is 0.774. The van der Waals surface area contributed by atoms with Crippen molar-refractivity contribution in [2.45, 2.75) is 26.2 Å². The molecule has 16 heavy (non-hydrogen) atoms. The Balaban J connectivity index is 3.20. The number of anilines is 1. The predicted octanol–water partition coefficient (Wildman–Crippen LogP) is 2.62. The van der Waals surface area contributed by atoms with Gasteiger partial charge < -0.3 is 10.8 Å². The molecule has 3 nitrogen and oxygen atoms in total. The molecule has 0 fully saturated rings. The summed E-state index contributed by atoms with van der Waals surface area (Å²) in [6, 6.07) is 3.84. The molecule has 0 radical (unpaired) electrons. The zero-order chi connectivity index (χ0) is 12.3. The first-order valence-electron chi connectivity index (χ1n) is 5.25. The Morgan fingerprint density at radius 3 is 2.69 bits per heavy atom. The number of nitrogen functional groups attached to an aromatic ring is 1. The van der Waals surface area contributed by atoms with Gasteiger partial charge in [-0.25, -0.2) is 4.39 Å². The predicted molar refractivity (Wildman–Crippen MR) is 60.6 cm³/mol. The van der Waals surface area contributed by atoms with Crippen molar-refractivity contribution in [2.75, 3.05) is 5.73 Å². The number of hydrogen-bond donors (Lipinski definition) is 2. The molecule has 4 heteroatoms. The Morgan fingerprint density at radius 1 is 1.56 bits per heavy atom. The normalized spacial score (nSPS) is 14.4. The van der Waals surface area contributed by atoms with Gasteiger partial charge in [0.25, 0.3) is 0 Å². The molecule has 0 aliphatic carbocycles. The van der Waals surface area contributed by atoms with Crippen LogP contribution in [-0.2, 0) is 4.79 Å². The summed E-state index contributed by atoms with van der Waals surface area (Å²) in [4.78, 5) is 11.2. The fourth-order valence-corrected chi connectivity index (χ4v) is 1.73. The third-order valence-electron chi connectivity index (χ3n) is 2.86. The summed E-state index contributed by atoms with van der Waals surface area (Å²) in [5.74, 6) is -2.26. The molecule has 3 N–H and O–H groups in total. The van der Waals surface area contributed by atoms with Crippen LogP contribution in [0.3, 0.4) is 0 Å². The zero-order valence-corrected chi connectivity index (χ0v) is 9.40. The molecule has 0 aliphatic rings. The van der Waals surface area contributed by atoms with Crippen LogP contribution in [0.5, 0.6) is 0 Å². The molecule has 0 heterocycles. The van der Waals surface area contributed by atoms with Gasteiger partial charge in [-0.2, -0.15) is 0 Å². The maximum Gasteiger partial charge on any atom is 0.311 e. The van der Waals surface area contributed by atoms with E-state index in [2.05, 4.69) is 0 Å². The summed E-state index contributed by atoms with van der Waals surface area (Å²) in [5, 5.41) is 9.17. The van der Waals surface area contributed by atoms with E-state index < -0.39 is 17.7 Å². The second kappa shape index (κ2) is 4.96. The van der Waals surface area contributed by atoms with Crippen molar-refractivity contribution in [3.63, 3.8) is 0 Å². The van der Waals surface area contributed by atoms with Crippen molar-refractivity contribution in [3.8, 4) is 0 Å². The highest BCUT2D eigenvalue weighted by molar-refractivity contribution is 5.78. The van der Waals surface area contributed by atoms with E-state index in [0.29, 0.717) is 17.7 Å². The highest BCUT2D eigenvalue weighted by Gasteiger charge is 2.27. The van der Waals surface area contributed by atoms with E-state index in [1.165, 1.54) is 18.2 Å². The van der Waals surface area contributed by atoms with Crippen molar-refractivity contribution in [3.05, 3.63) is 29.6 Å². The van der Waals surface area contributed by atoms with E-state index in [4.69, 9.17) is 10.8 Å². The number of rotatable bonds is 4. The zero-order valence-electron chi connectivity index (χ0n) is 9.40. The summed E-state index contributed by atoms with van der Waals surface area (Å²) in [6.45, 7) is 3.72. The molecule has 2 atom stereocenters. The van der Waals surface area contributed by atoms with E-state index in [-0.39, 0.29) is 5.92 Å². The van der Waals surface area contributed by atoms with Crippen molar-refractivity contribution >= 4 is 11.7 Å². The third-order valence-corrected chi connectivity index (χ3v) is 2.86. The first-order chi connectivity index (χ1) is 7.47. The van der Waals surface area contributed by atoms with Gasteiger partial charge >= 0.3 is 5.97 Å². The van der Waals surface area contributed by atoms with Gasteiger partial charge in [-0.3, -0.25) is 4.79 Å². The van der Waals surface area contributed by atoms with Crippen molar-refractivity contribution in [1.82, 2.24) is 0 Å². The number of halogens is 1. The first kappa shape index (κ1) is 12.5. The average Bonchev–Trinajstić information content (AvgIpc) is 2.22. The summed E-state index contributed by atoms with van der Waals surface area (Å²) >= 11 is 0. The SMILES string of the molecule is CCC(C)C(C(=O)O)c1cc(F)ccc1N. The van der Waals surface area contributed by atoms with Gasteiger partial charge in [0, 0.05) is 5.69 Å². The highest BCUT2D eigenvalue weighted by atomic mass is 19.1. The summed E-state index contributed by atoms with van der Waals surface area (Å²) in [5.41, 5.74) is 6.38. The van der Waals surface area contributed by atoms with Gasteiger partial charge in [-0.05, 0) is 29.7 Å². The molecule has 1 aromatic carbocycles. The number of benzene rings is 1. The minimum Gasteiger partial charge on any atom is -0.481 e. The first-order valence-corrected chi connectivity index (χ1v) is 5.25. The number of nitrogens with two attached hydrogens (primary N) is 1. The molecular weight excluding hydrogens is 209 g/mol. The Labute approximate surface area is 94.1 Å². The van der Waals surface area contributed by atoms with Crippen LogP contribution in [-0.4, -0.2) is 11.1 Å². The summed E-state index contributed by atoms with van der Waals surface area (Å²) < 4.78 is 13.1. The van der Waals surface area contributed by atoms with E-state index >= 15 is 0 Å². The van der Waals surface area contributed by atoms with Crippen molar-refractivity contribution in [1.29, 1.82) is 0 Å². The maximum atomic E-state index is 13.1. The van der Waals surface area contributed by atoms with Crippen LogP contribution in [0.2, 0.25) is 0 Å². The number of hydrogen-bond acceptors (Lipinski definition) is 2. The van der Waals surface area contributed by atoms with Crippen LogP contribution < -0.4 is 5.73 Å². The lowest BCUT2D eigenvalue weighted by Gasteiger charge is -2.20. The largest absolute Gasteiger partial charge is 0.481 e. The molecular formula is C12H16FNO2. The van der Waals surface area contributed by atoms with E-state index in [1.54, 1.807) is 0 Å². The Morgan fingerprint density at radius 2 is 2.19 bits per heavy atom. The third kappa shape index (κ3) is 2.51. The van der Waals surface area contributed by atoms with E-state index in [9.17, 15) is 9.18 Å². The van der Waals surface area contributed by atoms with Crippen LogP contribution in [0.15, 0.2) is 18.2 Å². The number of carboxylic acid groups (broad SMARTS) is 1. The summed E-state index contributed by atoms with van der Waals surface area (Å²) in [6.07, 6.45) is 0.701. The molecule has 0 aromatic heterocycles. The standard InChI is InChI=1S/C12H16FNO2/c1-3-7(2)11(12(15)16)9-6-8(13)4-5-10(9)14/h4-7,11H,3,14H2,1-2H3,(H,15,16). The molecule has 0 amide bonds. The monoisotopic (exact) mass is 225 g/mol. The van der Waals surface area contributed by atoms with Crippen molar-refractivity contribution < 1.29 is 14.3 Å². The van der Waals surface area contributed by atoms with Crippen LogP contribution >= 0.6 is 0 Å². The summed E-state index contributed by atoms with van der Waals surface area (Å²) in [7, 11) is 0. The van der Waals surface area contributed by atoms with Crippen LogP contribution in [0.25, 0.3) is 0 Å². The molecule has 0 saturated carbocycles. The second-order valence-corrected chi connectivity index (χ2v) is 3.97. The van der Waals surface area contributed by atoms with Gasteiger partial charge in [0.2, 0.25) is 0 Å². The fraction of sp³-hybridized carbons (Fsp3) is 0.417. The minimum absolute atomic E-state index is 0.0819. The van der Waals surface area contributed by atoms with Crippen LogP contribution in [0.4, 0.5) is 10.1 Å². The highest BCUT2D eigenvalue weighted by Crippen LogP contribution is 2.31. The second-order valence-electron chi connectivity index (χ2n) is 3.97. The van der Waals surface area contributed by atoms with Gasteiger partial charge in [-0.15, -0.1) is 0 Å². The Hall–Kier alpha value is -1.58. The van der Waals surface area contributed by atoms with Gasteiger partial charge in [0.05, 0.1) is 5.92 Å². The molecule has 1 rings (SSSR count).